The molecule has 0 aliphatic carbocycles. The molecule has 1 aromatic carbocycles. The van der Waals surface area contributed by atoms with Gasteiger partial charge in [0.1, 0.15) is 11.9 Å². The van der Waals surface area contributed by atoms with E-state index in [4.69, 9.17) is 19.9 Å². The molecule has 1 aliphatic rings. The summed E-state index contributed by atoms with van der Waals surface area (Å²) < 4.78 is 29.8. The number of ether oxygens (including phenoxy) is 3. The summed E-state index contributed by atoms with van der Waals surface area (Å²) in [6.07, 6.45) is 1.62. The smallest absolute Gasteiger partial charge is 0.167 e. The molecule has 1 heterocycles. The minimum atomic E-state index is -0.462. The molecule has 1 atom stereocenters. The van der Waals surface area contributed by atoms with Gasteiger partial charge in [0.15, 0.2) is 11.6 Å². The molecule has 1 aromatic rings. The minimum absolute atomic E-state index is 0.0169. The summed E-state index contributed by atoms with van der Waals surface area (Å²) in [7, 11) is 0. The number of anilines is 1. The number of nitrogens with two attached hydrogens (primary N) is 1. The zero-order valence-electron chi connectivity index (χ0n) is 10.4. The highest BCUT2D eigenvalue weighted by Gasteiger charge is 2.19. The highest BCUT2D eigenvalue weighted by molar-refractivity contribution is 5.56. The number of rotatable bonds is 5. The van der Waals surface area contributed by atoms with Gasteiger partial charge in [-0.1, -0.05) is 6.92 Å². The van der Waals surface area contributed by atoms with E-state index in [0.29, 0.717) is 25.6 Å². The van der Waals surface area contributed by atoms with Crippen molar-refractivity contribution >= 4 is 5.69 Å². The Labute approximate surface area is 106 Å². The van der Waals surface area contributed by atoms with Crippen molar-refractivity contribution in [2.24, 2.45) is 0 Å². The van der Waals surface area contributed by atoms with Crippen LogP contribution in [0.25, 0.3) is 0 Å². The van der Waals surface area contributed by atoms with Gasteiger partial charge in [0, 0.05) is 18.6 Å². The van der Waals surface area contributed by atoms with Crippen LogP contribution in [-0.2, 0) is 4.74 Å². The molecule has 0 amide bonds. The topological polar surface area (TPSA) is 53.7 Å². The van der Waals surface area contributed by atoms with Crippen molar-refractivity contribution in [2.75, 3.05) is 25.6 Å². The maximum atomic E-state index is 13.6. The van der Waals surface area contributed by atoms with Gasteiger partial charge < -0.3 is 19.9 Å². The van der Waals surface area contributed by atoms with Crippen LogP contribution in [0.5, 0.6) is 11.5 Å². The van der Waals surface area contributed by atoms with Gasteiger partial charge in [0.25, 0.3) is 0 Å². The number of benzene rings is 1. The predicted molar refractivity (Wildman–Crippen MR) is 66.5 cm³/mol. The van der Waals surface area contributed by atoms with Gasteiger partial charge in [-0.15, -0.1) is 0 Å². The van der Waals surface area contributed by atoms with Crippen molar-refractivity contribution in [3.63, 3.8) is 0 Å². The number of nitrogen functional groups attached to an aromatic ring is 1. The highest BCUT2D eigenvalue weighted by atomic mass is 19.1. The van der Waals surface area contributed by atoms with Gasteiger partial charge in [-0.25, -0.2) is 4.39 Å². The zero-order chi connectivity index (χ0) is 13.0. The molecule has 1 aliphatic heterocycles. The second kappa shape index (κ2) is 5.91. The first kappa shape index (κ1) is 13.0. The SMILES string of the molecule is CCCOc1cc(OC2CCOC2)c(N)cc1F. The number of halogens is 1. The maximum Gasteiger partial charge on any atom is 0.167 e. The molecule has 5 heteroatoms. The maximum absolute atomic E-state index is 13.6. The average Bonchev–Trinajstić information content (AvgIpc) is 2.84. The van der Waals surface area contributed by atoms with Crippen LogP contribution in [0.15, 0.2) is 12.1 Å². The summed E-state index contributed by atoms with van der Waals surface area (Å²) in [5, 5.41) is 0. The standard InChI is InChI=1S/C13H18FNO3/c1-2-4-17-12-7-13(11(15)6-10(12)14)18-9-3-5-16-8-9/h6-7,9H,2-5,8,15H2,1H3. The quantitative estimate of drug-likeness (QED) is 0.821. The van der Waals surface area contributed by atoms with Crippen molar-refractivity contribution in [3.8, 4) is 11.5 Å². The predicted octanol–water partition coefficient (Wildman–Crippen LogP) is 2.36. The number of hydrogen-bond donors (Lipinski definition) is 1. The fourth-order valence-corrected chi connectivity index (χ4v) is 1.76. The van der Waals surface area contributed by atoms with Crippen LogP contribution in [0.4, 0.5) is 10.1 Å². The zero-order valence-corrected chi connectivity index (χ0v) is 10.4. The lowest BCUT2D eigenvalue weighted by Crippen LogP contribution is -2.16. The molecule has 1 fully saturated rings. The van der Waals surface area contributed by atoms with Crippen LogP contribution in [0.1, 0.15) is 19.8 Å². The summed E-state index contributed by atoms with van der Waals surface area (Å²) >= 11 is 0. The Morgan fingerprint density at radius 1 is 1.44 bits per heavy atom. The van der Waals surface area contributed by atoms with E-state index >= 15 is 0 Å². The third kappa shape index (κ3) is 3.04. The Hall–Kier alpha value is -1.49. The molecule has 100 valence electrons. The van der Waals surface area contributed by atoms with E-state index in [1.807, 2.05) is 6.92 Å². The molecule has 0 bridgehead atoms. The molecule has 0 spiro atoms. The second-order valence-electron chi connectivity index (χ2n) is 4.27. The molecule has 2 N–H and O–H groups in total. The Bertz CT molecular complexity index is 405. The van der Waals surface area contributed by atoms with Gasteiger partial charge in [-0.05, 0) is 6.42 Å². The van der Waals surface area contributed by atoms with Crippen molar-refractivity contribution in [1.82, 2.24) is 0 Å². The minimum Gasteiger partial charge on any atom is -0.490 e. The summed E-state index contributed by atoms with van der Waals surface area (Å²) in [5.41, 5.74) is 6.02. The van der Waals surface area contributed by atoms with Gasteiger partial charge in [0.05, 0.1) is 25.5 Å². The van der Waals surface area contributed by atoms with Gasteiger partial charge in [0.2, 0.25) is 0 Å². The third-order valence-electron chi connectivity index (χ3n) is 2.71. The van der Waals surface area contributed by atoms with Crippen molar-refractivity contribution in [1.29, 1.82) is 0 Å². The third-order valence-corrected chi connectivity index (χ3v) is 2.71. The Morgan fingerprint density at radius 3 is 2.94 bits per heavy atom. The lowest BCUT2D eigenvalue weighted by atomic mass is 10.2. The van der Waals surface area contributed by atoms with Crippen molar-refractivity contribution in [2.45, 2.75) is 25.9 Å². The van der Waals surface area contributed by atoms with Crippen LogP contribution < -0.4 is 15.2 Å². The molecule has 18 heavy (non-hydrogen) atoms. The van der Waals surface area contributed by atoms with E-state index in [-0.39, 0.29) is 17.5 Å². The van der Waals surface area contributed by atoms with E-state index in [1.54, 1.807) is 0 Å². The summed E-state index contributed by atoms with van der Waals surface area (Å²) in [4.78, 5) is 0. The lowest BCUT2D eigenvalue weighted by molar-refractivity contribution is 0.141. The molecular formula is C13H18FNO3. The number of hydrogen-bond acceptors (Lipinski definition) is 4. The van der Waals surface area contributed by atoms with Crippen LogP contribution in [0, 0.1) is 5.82 Å². The normalized spacial score (nSPS) is 18.9. The molecule has 1 unspecified atom stereocenters. The fourth-order valence-electron chi connectivity index (χ4n) is 1.76. The first-order valence-electron chi connectivity index (χ1n) is 6.17. The van der Waals surface area contributed by atoms with Crippen LogP contribution in [0.3, 0.4) is 0 Å². The van der Waals surface area contributed by atoms with Crippen LogP contribution >= 0.6 is 0 Å². The van der Waals surface area contributed by atoms with Gasteiger partial charge in [-0.3, -0.25) is 0 Å². The van der Waals surface area contributed by atoms with Crippen molar-refractivity contribution < 1.29 is 18.6 Å². The molecule has 0 saturated carbocycles. The monoisotopic (exact) mass is 255 g/mol. The van der Waals surface area contributed by atoms with E-state index in [0.717, 1.165) is 12.8 Å². The largest absolute Gasteiger partial charge is 0.490 e. The van der Waals surface area contributed by atoms with E-state index in [2.05, 4.69) is 0 Å². The second-order valence-corrected chi connectivity index (χ2v) is 4.27. The van der Waals surface area contributed by atoms with Gasteiger partial charge >= 0.3 is 0 Å². The summed E-state index contributed by atoms with van der Waals surface area (Å²) in [6, 6.07) is 2.74. The van der Waals surface area contributed by atoms with E-state index in [9.17, 15) is 4.39 Å². The molecule has 0 aromatic heterocycles. The first-order chi connectivity index (χ1) is 8.70. The fraction of sp³-hybridized carbons (Fsp3) is 0.538. The first-order valence-corrected chi connectivity index (χ1v) is 6.17. The Kier molecular flexibility index (Phi) is 4.25. The molecule has 0 radical (unpaired) electrons. The lowest BCUT2D eigenvalue weighted by Gasteiger charge is -2.15. The Morgan fingerprint density at radius 2 is 2.28 bits per heavy atom. The molecular weight excluding hydrogens is 237 g/mol. The van der Waals surface area contributed by atoms with E-state index < -0.39 is 5.82 Å². The van der Waals surface area contributed by atoms with Crippen LogP contribution in [-0.4, -0.2) is 25.9 Å². The summed E-state index contributed by atoms with van der Waals surface area (Å²) in [5.74, 6) is 0.175. The van der Waals surface area contributed by atoms with Crippen LogP contribution in [0.2, 0.25) is 0 Å². The highest BCUT2D eigenvalue weighted by Crippen LogP contribution is 2.31. The van der Waals surface area contributed by atoms with Crippen molar-refractivity contribution in [3.05, 3.63) is 17.9 Å². The van der Waals surface area contributed by atoms with Gasteiger partial charge in [-0.2, -0.15) is 0 Å². The van der Waals surface area contributed by atoms with E-state index in [1.165, 1.54) is 12.1 Å². The molecule has 2 rings (SSSR count). The summed E-state index contributed by atoms with van der Waals surface area (Å²) in [6.45, 7) is 3.65. The molecule has 4 nitrogen and oxygen atoms in total. The Balaban J connectivity index is 2.12. The average molecular weight is 255 g/mol. The molecule has 1 saturated heterocycles.